The SMILES string of the molecule is S=C(Nc1ncn(Cc2ccccc2Cl)n1)Nc1ccccc1Cl. The average Bonchev–Trinajstić information content (AvgIpc) is 2.99. The van der Waals surface area contributed by atoms with Crippen LogP contribution in [-0.4, -0.2) is 19.9 Å². The predicted octanol–water partition coefficient (Wildman–Crippen LogP) is 4.44. The van der Waals surface area contributed by atoms with Crippen molar-refractivity contribution in [1.29, 1.82) is 0 Å². The Bertz CT molecular complexity index is 865. The summed E-state index contributed by atoms with van der Waals surface area (Å²) < 4.78 is 1.68. The Labute approximate surface area is 154 Å². The van der Waals surface area contributed by atoms with Gasteiger partial charge in [-0.25, -0.2) is 9.67 Å². The van der Waals surface area contributed by atoms with Crippen LogP contribution in [0.5, 0.6) is 0 Å². The monoisotopic (exact) mass is 377 g/mol. The highest BCUT2D eigenvalue weighted by molar-refractivity contribution is 7.80. The van der Waals surface area contributed by atoms with Crippen LogP contribution in [0.4, 0.5) is 11.6 Å². The number of hydrogen-bond donors (Lipinski definition) is 2. The zero-order chi connectivity index (χ0) is 16.9. The molecule has 3 rings (SSSR count). The van der Waals surface area contributed by atoms with E-state index in [2.05, 4.69) is 20.7 Å². The van der Waals surface area contributed by atoms with E-state index in [1.54, 1.807) is 17.1 Å². The van der Waals surface area contributed by atoms with Gasteiger partial charge in [-0.15, -0.1) is 5.10 Å². The average molecular weight is 378 g/mol. The Hall–Kier alpha value is -2.15. The van der Waals surface area contributed by atoms with E-state index in [1.165, 1.54) is 0 Å². The molecular weight excluding hydrogens is 365 g/mol. The van der Waals surface area contributed by atoms with E-state index in [0.717, 1.165) is 5.56 Å². The third-order valence-corrected chi connectivity index (χ3v) is 4.08. The van der Waals surface area contributed by atoms with Crippen LogP contribution >= 0.6 is 35.4 Å². The highest BCUT2D eigenvalue weighted by Crippen LogP contribution is 2.20. The molecule has 2 aromatic carbocycles. The summed E-state index contributed by atoms with van der Waals surface area (Å²) in [5, 5.41) is 11.9. The lowest BCUT2D eigenvalue weighted by Gasteiger charge is -2.09. The summed E-state index contributed by atoms with van der Waals surface area (Å²) >= 11 is 17.5. The molecule has 0 spiro atoms. The van der Waals surface area contributed by atoms with Crippen LogP contribution in [0.3, 0.4) is 0 Å². The van der Waals surface area contributed by atoms with Gasteiger partial charge in [0.2, 0.25) is 5.95 Å². The molecule has 0 saturated carbocycles. The number of nitrogens with zero attached hydrogens (tertiary/aromatic N) is 3. The van der Waals surface area contributed by atoms with Gasteiger partial charge in [-0.1, -0.05) is 53.5 Å². The summed E-state index contributed by atoms with van der Waals surface area (Å²) in [5.74, 6) is 0.395. The lowest BCUT2D eigenvalue weighted by atomic mass is 10.2. The van der Waals surface area contributed by atoms with Crippen LogP contribution in [0.25, 0.3) is 0 Å². The second-order valence-electron chi connectivity index (χ2n) is 4.92. The number of thiocarbonyl (C=S) groups is 1. The number of benzene rings is 2. The molecule has 1 aromatic heterocycles. The molecule has 0 aliphatic heterocycles. The van der Waals surface area contributed by atoms with Crippen molar-refractivity contribution in [2.75, 3.05) is 10.6 Å². The summed E-state index contributed by atoms with van der Waals surface area (Å²) in [5.41, 5.74) is 1.68. The minimum atomic E-state index is 0.360. The molecule has 8 heteroatoms. The zero-order valence-electron chi connectivity index (χ0n) is 12.4. The first kappa shape index (κ1) is 16.7. The Balaban J connectivity index is 1.63. The molecule has 1 heterocycles. The summed E-state index contributed by atoms with van der Waals surface area (Å²) in [6.45, 7) is 0.527. The van der Waals surface area contributed by atoms with Crippen LogP contribution in [0.15, 0.2) is 54.9 Å². The zero-order valence-corrected chi connectivity index (χ0v) is 14.7. The third-order valence-electron chi connectivity index (χ3n) is 3.17. The van der Waals surface area contributed by atoms with Gasteiger partial charge in [0.15, 0.2) is 5.11 Å². The molecule has 0 aliphatic rings. The molecule has 0 saturated heterocycles. The minimum absolute atomic E-state index is 0.360. The van der Waals surface area contributed by atoms with Crippen molar-refractivity contribution in [3.8, 4) is 0 Å². The summed E-state index contributed by atoms with van der Waals surface area (Å²) in [6.07, 6.45) is 1.61. The van der Waals surface area contributed by atoms with E-state index in [1.807, 2.05) is 42.5 Å². The molecule has 0 atom stereocenters. The molecule has 0 aliphatic carbocycles. The van der Waals surface area contributed by atoms with E-state index in [9.17, 15) is 0 Å². The summed E-state index contributed by atoms with van der Waals surface area (Å²) in [4.78, 5) is 4.18. The smallest absolute Gasteiger partial charge is 0.248 e. The molecule has 24 heavy (non-hydrogen) atoms. The Morgan fingerprint density at radius 2 is 1.71 bits per heavy atom. The topological polar surface area (TPSA) is 54.8 Å². The molecule has 0 bridgehead atoms. The molecule has 3 aromatic rings. The number of hydrogen-bond acceptors (Lipinski definition) is 3. The van der Waals surface area contributed by atoms with Crippen molar-refractivity contribution >= 4 is 52.2 Å². The van der Waals surface area contributed by atoms with Crippen molar-refractivity contribution in [2.24, 2.45) is 0 Å². The van der Waals surface area contributed by atoms with E-state index >= 15 is 0 Å². The first-order valence-corrected chi connectivity index (χ1v) is 8.23. The van der Waals surface area contributed by atoms with Crippen LogP contribution in [-0.2, 0) is 6.54 Å². The Morgan fingerprint density at radius 3 is 2.46 bits per heavy atom. The first-order chi connectivity index (χ1) is 11.6. The first-order valence-electron chi connectivity index (χ1n) is 7.07. The van der Waals surface area contributed by atoms with Crippen molar-refractivity contribution < 1.29 is 0 Å². The minimum Gasteiger partial charge on any atom is -0.331 e. The Morgan fingerprint density at radius 1 is 1.00 bits per heavy atom. The molecular formula is C16H13Cl2N5S. The molecule has 2 N–H and O–H groups in total. The van der Waals surface area contributed by atoms with Gasteiger partial charge in [-0.2, -0.15) is 0 Å². The third kappa shape index (κ3) is 4.23. The second-order valence-corrected chi connectivity index (χ2v) is 6.14. The molecule has 0 fully saturated rings. The lowest BCUT2D eigenvalue weighted by molar-refractivity contribution is 0.687. The number of rotatable bonds is 4. The quantitative estimate of drug-likeness (QED) is 0.658. The van der Waals surface area contributed by atoms with Crippen LogP contribution < -0.4 is 10.6 Å². The fourth-order valence-electron chi connectivity index (χ4n) is 2.05. The number of aromatic nitrogens is 3. The maximum atomic E-state index is 6.15. The fraction of sp³-hybridized carbons (Fsp3) is 0.0625. The van der Waals surface area contributed by atoms with Gasteiger partial charge in [0, 0.05) is 5.02 Å². The van der Waals surface area contributed by atoms with Crippen molar-refractivity contribution in [3.63, 3.8) is 0 Å². The number of halogens is 2. The molecule has 0 unspecified atom stereocenters. The highest BCUT2D eigenvalue weighted by Gasteiger charge is 2.07. The Kier molecular flexibility index (Phi) is 5.30. The number of anilines is 2. The van der Waals surface area contributed by atoms with E-state index < -0.39 is 0 Å². The maximum absolute atomic E-state index is 6.15. The highest BCUT2D eigenvalue weighted by atomic mass is 35.5. The van der Waals surface area contributed by atoms with E-state index in [0.29, 0.717) is 33.3 Å². The van der Waals surface area contributed by atoms with Gasteiger partial charge >= 0.3 is 0 Å². The molecule has 122 valence electrons. The maximum Gasteiger partial charge on any atom is 0.248 e. The van der Waals surface area contributed by atoms with Crippen molar-refractivity contribution in [1.82, 2.24) is 14.8 Å². The van der Waals surface area contributed by atoms with Gasteiger partial charge in [0.05, 0.1) is 17.3 Å². The van der Waals surface area contributed by atoms with Gasteiger partial charge in [-0.05, 0) is 36.0 Å². The number of nitrogens with one attached hydrogen (secondary N) is 2. The summed E-state index contributed by atoms with van der Waals surface area (Å²) in [6, 6.07) is 14.9. The van der Waals surface area contributed by atoms with Gasteiger partial charge in [0.25, 0.3) is 0 Å². The summed E-state index contributed by atoms with van der Waals surface area (Å²) in [7, 11) is 0. The molecule has 0 radical (unpaired) electrons. The lowest BCUT2D eigenvalue weighted by Crippen LogP contribution is -2.20. The van der Waals surface area contributed by atoms with Gasteiger partial charge < -0.3 is 5.32 Å². The van der Waals surface area contributed by atoms with E-state index in [4.69, 9.17) is 35.4 Å². The fourth-order valence-corrected chi connectivity index (χ4v) is 2.63. The molecule has 5 nitrogen and oxygen atoms in total. The largest absolute Gasteiger partial charge is 0.331 e. The van der Waals surface area contributed by atoms with Gasteiger partial charge in [0.1, 0.15) is 6.33 Å². The van der Waals surface area contributed by atoms with Crippen molar-refractivity contribution in [2.45, 2.75) is 6.54 Å². The van der Waals surface area contributed by atoms with Crippen LogP contribution in [0.1, 0.15) is 5.56 Å². The van der Waals surface area contributed by atoms with Crippen LogP contribution in [0, 0.1) is 0 Å². The van der Waals surface area contributed by atoms with Crippen LogP contribution in [0.2, 0.25) is 10.0 Å². The normalized spacial score (nSPS) is 10.4. The molecule has 0 amide bonds. The standard InChI is InChI=1S/C16H13Cl2N5S/c17-12-6-2-1-5-11(12)9-23-10-19-15(22-23)21-16(24)20-14-8-4-3-7-13(14)18/h1-8,10H,9H2,(H2,20,21,22,24). The second kappa shape index (κ2) is 7.61. The van der Waals surface area contributed by atoms with Crippen molar-refractivity contribution in [3.05, 3.63) is 70.5 Å². The van der Waals surface area contributed by atoms with E-state index in [-0.39, 0.29) is 0 Å². The number of para-hydroxylation sites is 1. The van der Waals surface area contributed by atoms with Gasteiger partial charge in [-0.3, -0.25) is 5.32 Å². The predicted molar refractivity (Wildman–Crippen MR) is 102 cm³/mol.